The van der Waals surface area contributed by atoms with Gasteiger partial charge in [0.25, 0.3) is 10.0 Å². The van der Waals surface area contributed by atoms with Crippen LogP contribution in [0.3, 0.4) is 0 Å². The van der Waals surface area contributed by atoms with Gasteiger partial charge in [-0.25, -0.2) is 8.42 Å². The molecule has 0 radical (unpaired) electrons. The molecule has 0 N–H and O–H groups in total. The molecule has 0 spiro atoms. The summed E-state index contributed by atoms with van der Waals surface area (Å²) in [6.07, 6.45) is 2.45. The summed E-state index contributed by atoms with van der Waals surface area (Å²) in [6.45, 7) is 12.0. The van der Waals surface area contributed by atoms with Crippen molar-refractivity contribution in [3.8, 4) is 0 Å². The highest BCUT2D eigenvalue weighted by atomic mass is 32.2. The molecular weight excluding hydrogens is 402 g/mol. The van der Waals surface area contributed by atoms with Gasteiger partial charge in [-0.05, 0) is 49.3 Å². The first-order chi connectivity index (χ1) is 13.8. The van der Waals surface area contributed by atoms with E-state index in [2.05, 4.69) is 33.1 Å². The summed E-state index contributed by atoms with van der Waals surface area (Å²) in [5, 5.41) is 0. The van der Waals surface area contributed by atoms with Crippen LogP contribution in [0.2, 0.25) is 18.1 Å². The van der Waals surface area contributed by atoms with Crippen LogP contribution in [0.4, 0.5) is 0 Å². The molecular formula is C22H31NO4SSi. The fourth-order valence-corrected chi connectivity index (χ4v) is 7.38. The van der Waals surface area contributed by atoms with Gasteiger partial charge in [0.2, 0.25) is 0 Å². The summed E-state index contributed by atoms with van der Waals surface area (Å²) in [5.74, 6) is 0.624. The van der Waals surface area contributed by atoms with Gasteiger partial charge >= 0.3 is 0 Å². The lowest BCUT2D eigenvalue weighted by Crippen LogP contribution is -2.40. The van der Waals surface area contributed by atoms with Crippen LogP contribution in [0, 0.1) is 6.92 Å². The predicted molar refractivity (Wildman–Crippen MR) is 119 cm³/mol. The minimum Gasteiger partial charge on any atom is -0.467 e. The Morgan fingerprint density at radius 1 is 1.17 bits per heavy atom. The molecule has 0 saturated carbocycles. The predicted octanol–water partition coefficient (Wildman–Crippen LogP) is 5.64. The third-order valence-electron chi connectivity index (χ3n) is 5.39. The van der Waals surface area contributed by atoms with Crippen LogP contribution < -0.4 is 0 Å². The van der Waals surface area contributed by atoms with Crippen molar-refractivity contribution >= 4 is 18.3 Å². The third kappa shape index (κ3) is 5.51. The number of benzene rings is 1. The lowest BCUT2D eigenvalue weighted by Gasteiger charge is -2.34. The van der Waals surface area contributed by atoms with Crippen LogP contribution in [-0.2, 0) is 14.4 Å². The molecule has 1 aromatic carbocycles. The summed E-state index contributed by atoms with van der Waals surface area (Å²) in [7, 11) is -5.78. The van der Waals surface area contributed by atoms with Gasteiger partial charge in [-0.2, -0.15) is 0 Å². The molecule has 1 heterocycles. The highest BCUT2D eigenvalue weighted by molar-refractivity contribution is 7.89. The first-order valence-corrected chi connectivity index (χ1v) is 13.9. The molecule has 29 heavy (non-hydrogen) atoms. The maximum atomic E-state index is 13.3. The molecule has 0 aliphatic heterocycles. The second-order valence-corrected chi connectivity index (χ2v) is 13.7. The van der Waals surface area contributed by atoms with Gasteiger partial charge in [-0.1, -0.05) is 45.0 Å². The highest BCUT2D eigenvalue weighted by Gasteiger charge is 2.35. The van der Waals surface area contributed by atoms with Crippen molar-refractivity contribution in [3.63, 3.8) is 0 Å². The molecule has 0 aliphatic carbocycles. The molecule has 1 aromatic heterocycles. The number of sulfonamides is 1. The zero-order valence-corrected chi connectivity index (χ0v) is 19.5. The minimum absolute atomic E-state index is 0.0982. The summed E-state index contributed by atoms with van der Waals surface area (Å²) < 4.78 is 40.0. The van der Waals surface area contributed by atoms with Gasteiger partial charge in [-0.15, -0.1) is 5.73 Å². The Balaban J connectivity index is 2.42. The van der Waals surface area contributed by atoms with Crippen molar-refractivity contribution in [2.75, 3.05) is 6.54 Å². The van der Waals surface area contributed by atoms with E-state index in [1.165, 1.54) is 10.5 Å². The van der Waals surface area contributed by atoms with E-state index in [0.29, 0.717) is 5.76 Å². The van der Waals surface area contributed by atoms with Gasteiger partial charge in [0.1, 0.15) is 11.9 Å². The fraction of sp³-hybridized carbons (Fsp3) is 0.409. The topological polar surface area (TPSA) is 59.8 Å². The van der Waals surface area contributed by atoms with E-state index in [-0.39, 0.29) is 11.4 Å². The molecule has 7 heteroatoms. The van der Waals surface area contributed by atoms with E-state index in [1.54, 1.807) is 36.6 Å². The molecule has 1 unspecified atom stereocenters. The summed E-state index contributed by atoms with van der Waals surface area (Å²) in [4.78, 5) is 0.220. The minimum atomic E-state index is -3.77. The van der Waals surface area contributed by atoms with Crippen molar-refractivity contribution in [2.45, 2.75) is 56.8 Å². The van der Waals surface area contributed by atoms with E-state index in [0.717, 1.165) is 23.7 Å². The summed E-state index contributed by atoms with van der Waals surface area (Å²) >= 11 is 0. The van der Waals surface area contributed by atoms with Gasteiger partial charge in [0.15, 0.2) is 8.32 Å². The Labute approximate surface area is 175 Å². The molecule has 0 amide bonds. The van der Waals surface area contributed by atoms with E-state index in [4.69, 9.17) is 8.84 Å². The lowest BCUT2D eigenvalue weighted by atomic mass is 10.2. The molecule has 2 aromatic rings. The smallest absolute Gasteiger partial charge is 0.264 e. The molecule has 0 aliphatic rings. The molecule has 0 fully saturated rings. The van der Waals surface area contributed by atoms with Crippen molar-refractivity contribution in [3.05, 3.63) is 72.5 Å². The largest absolute Gasteiger partial charge is 0.467 e. The van der Waals surface area contributed by atoms with Crippen molar-refractivity contribution in [1.29, 1.82) is 0 Å². The quantitative estimate of drug-likeness (QED) is 0.340. The second-order valence-electron chi connectivity index (χ2n) is 7.09. The van der Waals surface area contributed by atoms with Gasteiger partial charge in [-0.3, -0.25) is 4.31 Å². The van der Waals surface area contributed by atoms with Crippen LogP contribution >= 0.6 is 0 Å². The SMILES string of the molecule is C=C=CN(CC(O[Si](CC)(CC)CC)c1ccco1)S(=O)(=O)c1ccc(C)cc1. The zero-order chi connectivity index (χ0) is 21.5. The Kier molecular flexibility index (Phi) is 8.11. The van der Waals surface area contributed by atoms with Crippen molar-refractivity contribution in [2.24, 2.45) is 0 Å². The molecule has 0 bridgehead atoms. The first kappa shape index (κ1) is 23.2. The van der Waals surface area contributed by atoms with Gasteiger partial charge in [0, 0.05) is 0 Å². The van der Waals surface area contributed by atoms with Crippen molar-refractivity contribution in [1.82, 2.24) is 4.31 Å². The maximum absolute atomic E-state index is 13.3. The van der Waals surface area contributed by atoms with Crippen LogP contribution in [0.15, 0.2) is 70.5 Å². The molecule has 2 rings (SSSR count). The second kappa shape index (κ2) is 10.1. The Morgan fingerprint density at radius 3 is 2.28 bits per heavy atom. The molecule has 5 nitrogen and oxygen atoms in total. The van der Waals surface area contributed by atoms with Crippen molar-refractivity contribution < 1.29 is 17.3 Å². The van der Waals surface area contributed by atoms with E-state index >= 15 is 0 Å². The van der Waals surface area contributed by atoms with Crippen LogP contribution in [0.1, 0.15) is 38.2 Å². The third-order valence-corrected chi connectivity index (χ3v) is 11.8. The molecule has 1 atom stereocenters. The number of aryl methyl sites for hydroxylation is 1. The Morgan fingerprint density at radius 2 is 1.79 bits per heavy atom. The normalized spacial score (nSPS) is 13.0. The highest BCUT2D eigenvalue weighted by Crippen LogP contribution is 2.32. The van der Waals surface area contributed by atoms with Gasteiger partial charge < -0.3 is 8.84 Å². The standard InChI is InChI=1S/C22H31NO4SSi/c1-6-16-23(28(24,25)20-14-12-19(5)13-15-20)18-22(21-11-10-17-26-21)27-29(7-2,8-3)9-4/h10-17,22H,1,7-9,18H2,2-5H3. The van der Waals surface area contributed by atoms with Crippen LogP contribution in [-0.4, -0.2) is 27.6 Å². The number of hydrogen-bond acceptors (Lipinski definition) is 4. The average Bonchev–Trinajstić information content (AvgIpc) is 3.26. The van der Waals surface area contributed by atoms with Gasteiger partial charge in [0.05, 0.1) is 23.9 Å². The van der Waals surface area contributed by atoms with Crippen LogP contribution in [0.5, 0.6) is 0 Å². The molecule has 0 saturated heterocycles. The number of rotatable bonds is 11. The summed E-state index contributed by atoms with van der Waals surface area (Å²) in [6, 6.07) is 13.3. The van der Waals surface area contributed by atoms with E-state index in [9.17, 15) is 8.42 Å². The number of nitrogens with zero attached hydrogens (tertiary/aromatic N) is 1. The summed E-state index contributed by atoms with van der Waals surface area (Å²) in [5.41, 5.74) is 3.60. The van der Waals surface area contributed by atoms with E-state index < -0.39 is 24.4 Å². The number of hydrogen-bond donors (Lipinski definition) is 0. The fourth-order valence-electron chi connectivity index (χ4n) is 3.29. The lowest BCUT2D eigenvalue weighted by molar-refractivity contribution is 0.146. The molecule has 158 valence electrons. The Hall–Kier alpha value is -2.05. The average molecular weight is 434 g/mol. The Bertz CT molecular complexity index is 904. The maximum Gasteiger partial charge on any atom is 0.264 e. The first-order valence-electron chi connectivity index (χ1n) is 9.97. The zero-order valence-electron chi connectivity index (χ0n) is 17.7. The monoisotopic (exact) mass is 433 g/mol. The van der Waals surface area contributed by atoms with E-state index in [1.807, 2.05) is 13.0 Å². The number of furan rings is 1. The van der Waals surface area contributed by atoms with Crippen LogP contribution in [0.25, 0.3) is 0 Å².